The number of esters is 1. The molecule has 0 saturated carbocycles. The Morgan fingerprint density at radius 1 is 1.31 bits per heavy atom. The fourth-order valence-corrected chi connectivity index (χ4v) is 3.18. The number of carbonyl (C=O) groups excluding carboxylic acids is 2. The van der Waals surface area contributed by atoms with Crippen molar-refractivity contribution in [2.45, 2.75) is 20.8 Å². The van der Waals surface area contributed by atoms with Crippen LogP contribution >= 0.6 is 11.3 Å². The van der Waals surface area contributed by atoms with Crippen molar-refractivity contribution in [2.75, 3.05) is 19.0 Å². The van der Waals surface area contributed by atoms with Gasteiger partial charge in [0.15, 0.2) is 11.7 Å². The topological polar surface area (TPSA) is 121 Å². The number of rotatable bonds is 6. The number of thiazole rings is 1. The molecule has 10 heteroatoms. The van der Waals surface area contributed by atoms with Gasteiger partial charge < -0.3 is 9.47 Å². The predicted octanol–water partition coefficient (Wildman–Crippen LogP) is 2.78. The smallest absolute Gasteiger partial charge is 0.350 e. The van der Waals surface area contributed by atoms with Crippen molar-refractivity contribution in [2.24, 2.45) is 0 Å². The monoisotopic (exact) mass is 379 g/mol. The van der Waals surface area contributed by atoms with Crippen LogP contribution in [0.4, 0.5) is 10.8 Å². The van der Waals surface area contributed by atoms with Crippen LogP contribution in [0.3, 0.4) is 0 Å². The molecule has 1 aromatic heterocycles. The van der Waals surface area contributed by atoms with Crippen LogP contribution in [0.1, 0.15) is 26.5 Å². The summed E-state index contributed by atoms with van der Waals surface area (Å²) < 4.78 is 9.98. The van der Waals surface area contributed by atoms with Gasteiger partial charge in [0.2, 0.25) is 5.75 Å². The molecule has 1 aromatic carbocycles. The van der Waals surface area contributed by atoms with Gasteiger partial charge in [-0.3, -0.25) is 20.2 Å². The molecule has 0 fully saturated rings. The molecular formula is C16H17N3O6S. The zero-order valence-corrected chi connectivity index (χ0v) is 15.4. The van der Waals surface area contributed by atoms with Crippen LogP contribution in [0.25, 0.3) is 0 Å². The number of nitrogens with one attached hydrogen (secondary N) is 1. The van der Waals surface area contributed by atoms with Crippen LogP contribution in [0.2, 0.25) is 0 Å². The molecule has 0 aliphatic rings. The molecule has 1 heterocycles. The largest absolute Gasteiger partial charge is 0.477 e. The Balaban J connectivity index is 2.08. The van der Waals surface area contributed by atoms with Gasteiger partial charge in [-0.15, -0.1) is 0 Å². The number of aryl methyl sites for hydroxylation is 3. The molecule has 2 aromatic rings. The molecule has 0 aliphatic carbocycles. The van der Waals surface area contributed by atoms with Crippen molar-refractivity contribution in [3.63, 3.8) is 0 Å². The van der Waals surface area contributed by atoms with Crippen LogP contribution < -0.4 is 10.1 Å². The summed E-state index contributed by atoms with van der Waals surface area (Å²) in [6, 6.07) is 3.11. The van der Waals surface area contributed by atoms with Crippen LogP contribution in [0.15, 0.2) is 12.1 Å². The number of ether oxygens (including phenoxy) is 2. The maximum Gasteiger partial charge on any atom is 0.350 e. The summed E-state index contributed by atoms with van der Waals surface area (Å²) in [5, 5.41) is 13.9. The Hall–Kier alpha value is -3.01. The van der Waals surface area contributed by atoms with Gasteiger partial charge in [0, 0.05) is 6.07 Å². The second-order valence-corrected chi connectivity index (χ2v) is 6.45. The Morgan fingerprint density at radius 3 is 2.62 bits per heavy atom. The Labute approximate surface area is 153 Å². The lowest BCUT2D eigenvalue weighted by atomic mass is 10.1. The first-order chi connectivity index (χ1) is 12.2. The second-order valence-electron chi connectivity index (χ2n) is 5.45. The molecule has 0 unspecified atom stereocenters. The van der Waals surface area contributed by atoms with E-state index in [1.807, 2.05) is 0 Å². The van der Waals surface area contributed by atoms with E-state index in [2.05, 4.69) is 15.0 Å². The summed E-state index contributed by atoms with van der Waals surface area (Å²) >= 11 is 0.974. The molecule has 1 amide bonds. The van der Waals surface area contributed by atoms with Gasteiger partial charge in [-0.1, -0.05) is 17.4 Å². The minimum absolute atomic E-state index is 0.0429. The number of nitrogens with zero attached hydrogens (tertiary/aromatic N) is 2. The van der Waals surface area contributed by atoms with E-state index in [0.29, 0.717) is 11.3 Å². The third-order valence-electron chi connectivity index (χ3n) is 3.36. The van der Waals surface area contributed by atoms with E-state index in [0.717, 1.165) is 16.9 Å². The lowest BCUT2D eigenvalue weighted by Crippen LogP contribution is -2.20. The third-order valence-corrected chi connectivity index (χ3v) is 4.41. The third kappa shape index (κ3) is 4.33. The Bertz CT molecular complexity index is 877. The molecule has 26 heavy (non-hydrogen) atoms. The zero-order valence-electron chi connectivity index (χ0n) is 14.6. The number of anilines is 1. The normalized spacial score (nSPS) is 10.3. The number of nitro groups is 1. The summed E-state index contributed by atoms with van der Waals surface area (Å²) in [6.07, 6.45) is 0. The highest BCUT2D eigenvalue weighted by atomic mass is 32.1. The molecule has 1 N–H and O–H groups in total. The van der Waals surface area contributed by atoms with Crippen molar-refractivity contribution < 1.29 is 24.0 Å². The van der Waals surface area contributed by atoms with Crippen molar-refractivity contribution in [3.05, 3.63) is 43.9 Å². The van der Waals surface area contributed by atoms with E-state index >= 15 is 0 Å². The number of amides is 1. The molecule has 0 radical (unpaired) electrons. The molecule has 0 atom stereocenters. The van der Waals surface area contributed by atoms with Crippen LogP contribution in [-0.2, 0) is 9.53 Å². The molecule has 0 saturated heterocycles. The fraction of sp³-hybridized carbons (Fsp3) is 0.312. The molecule has 9 nitrogen and oxygen atoms in total. The molecular weight excluding hydrogens is 362 g/mol. The van der Waals surface area contributed by atoms with Crippen LogP contribution in [0, 0.1) is 30.9 Å². The summed E-state index contributed by atoms with van der Waals surface area (Å²) in [4.78, 5) is 38.6. The average Bonchev–Trinajstić information content (AvgIpc) is 2.92. The Kier molecular flexibility index (Phi) is 5.88. The number of hydrogen-bond donors (Lipinski definition) is 1. The minimum Gasteiger partial charge on any atom is -0.477 e. The molecule has 0 bridgehead atoms. The first-order valence-electron chi connectivity index (χ1n) is 7.47. The van der Waals surface area contributed by atoms with Gasteiger partial charge in [0.1, 0.15) is 4.88 Å². The van der Waals surface area contributed by atoms with Crippen molar-refractivity contribution in [3.8, 4) is 5.75 Å². The highest BCUT2D eigenvalue weighted by Crippen LogP contribution is 2.32. The summed E-state index contributed by atoms with van der Waals surface area (Å²) in [5.41, 5.74) is 1.51. The van der Waals surface area contributed by atoms with Gasteiger partial charge in [0.25, 0.3) is 5.91 Å². The van der Waals surface area contributed by atoms with Gasteiger partial charge >= 0.3 is 11.7 Å². The number of hydrogen-bond acceptors (Lipinski definition) is 8. The number of carbonyl (C=O) groups is 2. The fourth-order valence-electron chi connectivity index (χ4n) is 2.28. The Morgan fingerprint density at radius 2 is 2.00 bits per heavy atom. The first kappa shape index (κ1) is 19.3. The average molecular weight is 379 g/mol. The lowest BCUT2D eigenvalue weighted by Gasteiger charge is -2.10. The summed E-state index contributed by atoms with van der Waals surface area (Å²) in [5.74, 6) is -1.05. The van der Waals surface area contributed by atoms with Crippen molar-refractivity contribution in [1.82, 2.24) is 4.98 Å². The molecule has 0 aliphatic heterocycles. The van der Waals surface area contributed by atoms with E-state index in [1.54, 1.807) is 26.8 Å². The maximum atomic E-state index is 12.0. The molecule has 0 spiro atoms. The predicted molar refractivity (Wildman–Crippen MR) is 94.9 cm³/mol. The summed E-state index contributed by atoms with van der Waals surface area (Å²) in [6.45, 7) is 4.59. The molecule has 138 valence electrons. The van der Waals surface area contributed by atoms with Gasteiger partial charge in [-0.25, -0.2) is 9.78 Å². The number of methoxy groups -OCH3 is 1. The number of aromatic nitrogens is 1. The lowest BCUT2D eigenvalue weighted by molar-refractivity contribution is -0.385. The van der Waals surface area contributed by atoms with Gasteiger partial charge in [0.05, 0.1) is 17.7 Å². The van der Waals surface area contributed by atoms with Crippen molar-refractivity contribution in [1.29, 1.82) is 0 Å². The minimum atomic E-state index is -0.555. The van der Waals surface area contributed by atoms with E-state index in [9.17, 15) is 19.7 Å². The van der Waals surface area contributed by atoms with E-state index < -0.39 is 23.4 Å². The summed E-state index contributed by atoms with van der Waals surface area (Å²) in [7, 11) is 1.25. The van der Waals surface area contributed by atoms with Gasteiger partial charge in [-0.2, -0.15) is 0 Å². The standard InChI is InChI=1S/C16H17N3O6S/c1-8-5-9(2)13(11(6-8)19(22)23)25-7-12(20)18-16-17-10(3)14(26-16)15(21)24-4/h5-6H,7H2,1-4H3,(H,17,18,20). The number of nitro benzene ring substituents is 1. The van der Waals surface area contributed by atoms with E-state index in [4.69, 9.17) is 4.74 Å². The quantitative estimate of drug-likeness (QED) is 0.465. The van der Waals surface area contributed by atoms with Crippen molar-refractivity contribution >= 4 is 34.0 Å². The van der Waals surface area contributed by atoms with E-state index in [1.165, 1.54) is 13.2 Å². The SMILES string of the molecule is COC(=O)c1sc(NC(=O)COc2c(C)cc(C)cc2[N+](=O)[O-])nc1C. The second kappa shape index (κ2) is 7.91. The maximum absolute atomic E-state index is 12.0. The highest BCUT2D eigenvalue weighted by Gasteiger charge is 2.21. The molecule has 2 rings (SSSR count). The highest BCUT2D eigenvalue weighted by molar-refractivity contribution is 7.17. The first-order valence-corrected chi connectivity index (χ1v) is 8.28. The van der Waals surface area contributed by atoms with Crippen LogP contribution in [-0.4, -0.2) is 35.5 Å². The van der Waals surface area contributed by atoms with E-state index in [-0.39, 0.29) is 21.4 Å². The number of benzene rings is 1. The van der Waals surface area contributed by atoms with Gasteiger partial charge in [-0.05, 0) is 31.9 Å². The zero-order chi connectivity index (χ0) is 19.4. The van der Waals surface area contributed by atoms with Crippen LogP contribution in [0.5, 0.6) is 5.75 Å².